The number of rotatable bonds is 5. The Morgan fingerprint density at radius 1 is 1.00 bits per heavy atom. The number of benzene rings is 2. The molecule has 0 spiro atoms. The van der Waals surface area contributed by atoms with Crippen LogP contribution >= 0.6 is 0 Å². The Morgan fingerprint density at radius 2 is 1.78 bits per heavy atom. The van der Waals surface area contributed by atoms with Crippen molar-refractivity contribution in [1.82, 2.24) is 4.40 Å². The summed E-state index contributed by atoms with van der Waals surface area (Å²) in [5.41, 5.74) is 3.10. The fourth-order valence-corrected chi connectivity index (χ4v) is 3.17. The molecule has 0 radical (unpaired) electrons. The minimum absolute atomic E-state index is 0.273. The number of nitrogens with zero attached hydrogens (tertiary/aromatic N) is 1. The lowest BCUT2D eigenvalue weighted by atomic mass is 10.1. The molecule has 136 valence electrons. The third kappa shape index (κ3) is 3.24. The summed E-state index contributed by atoms with van der Waals surface area (Å²) < 4.78 is 26.0. The predicted octanol–water partition coefficient (Wildman–Crippen LogP) is 4.99. The molecule has 0 fully saturated rings. The van der Waals surface area contributed by atoms with Crippen molar-refractivity contribution in [1.29, 1.82) is 0 Å². The van der Waals surface area contributed by atoms with E-state index in [1.165, 1.54) is 12.1 Å². The highest BCUT2D eigenvalue weighted by Gasteiger charge is 2.19. The highest BCUT2D eigenvalue weighted by Crippen LogP contribution is 2.29. The SMILES string of the molecule is CCOC(=O)c1c2ccccc2n2cc(OCc3ccc(F)cc3)ccc12. The molecule has 0 aliphatic rings. The van der Waals surface area contributed by atoms with Gasteiger partial charge in [-0.15, -0.1) is 0 Å². The van der Waals surface area contributed by atoms with Gasteiger partial charge in [0, 0.05) is 5.39 Å². The molecule has 5 heteroatoms. The highest BCUT2D eigenvalue weighted by atomic mass is 19.1. The number of carbonyl (C=O) groups is 1. The second kappa shape index (κ2) is 7.11. The van der Waals surface area contributed by atoms with E-state index in [0.717, 1.165) is 22.0 Å². The zero-order valence-electron chi connectivity index (χ0n) is 14.8. The van der Waals surface area contributed by atoms with Crippen LogP contribution in [0.4, 0.5) is 4.39 Å². The lowest BCUT2D eigenvalue weighted by Gasteiger charge is -2.08. The summed E-state index contributed by atoms with van der Waals surface area (Å²) in [7, 11) is 0. The second-order valence-corrected chi connectivity index (χ2v) is 6.15. The molecule has 0 N–H and O–H groups in total. The first-order chi connectivity index (χ1) is 13.2. The van der Waals surface area contributed by atoms with Gasteiger partial charge in [-0.3, -0.25) is 0 Å². The number of ether oxygens (including phenoxy) is 2. The van der Waals surface area contributed by atoms with Crippen LogP contribution in [0.15, 0.2) is 66.9 Å². The van der Waals surface area contributed by atoms with E-state index >= 15 is 0 Å². The Bertz CT molecular complexity index is 1120. The average Bonchev–Trinajstić information content (AvgIpc) is 3.02. The first-order valence-electron chi connectivity index (χ1n) is 8.74. The summed E-state index contributed by atoms with van der Waals surface area (Å²) in [4.78, 5) is 12.5. The summed E-state index contributed by atoms with van der Waals surface area (Å²) in [5.74, 6) is 0.0460. The van der Waals surface area contributed by atoms with E-state index in [-0.39, 0.29) is 11.8 Å². The summed E-state index contributed by atoms with van der Waals surface area (Å²) in [5, 5.41) is 0.839. The molecule has 0 unspecified atom stereocenters. The van der Waals surface area contributed by atoms with E-state index in [2.05, 4.69) is 0 Å². The van der Waals surface area contributed by atoms with Gasteiger partial charge in [0.25, 0.3) is 0 Å². The molecular weight excluding hydrogens is 345 g/mol. The van der Waals surface area contributed by atoms with Crippen LogP contribution in [-0.4, -0.2) is 17.0 Å². The normalized spacial score (nSPS) is 11.0. The number of esters is 1. The Hall–Kier alpha value is -3.34. The van der Waals surface area contributed by atoms with Crippen LogP contribution < -0.4 is 4.74 Å². The van der Waals surface area contributed by atoms with Gasteiger partial charge in [-0.2, -0.15) is 0 Å². The topological polar surface area (TPSA) is 39.9 Å². The number of para-hydroxylation sites is 1. The molecule has 2 aromatic heterocycles. The molecule has 0 aliphatic carbocycles. The largest absolute Gasteiger partial charge is 0.487 e. The van der Waals surface area contributed by atoms with Crippen LogP contribution in [-0.2, 0) is 11.3 Å². The van der Waals surface area contributed by atoms with E-state index in [4.69, 9.17) is 9.47 Å². The van der Waals surface area contributed by atoms with Crippen molar-refractivity contribution in [2.24, 2.45) is 0 Å². The van der Waals surface area contributed by atoms with Gasteiger partial charge in [-0.25, -0.2) is 9.18 Å². The Morgan fingerprint density at radius 3 is 2.56 bits per heavy atom. The first-order valence-corrected chi connectivity index (χ1v) is 8.74. The molecule has 2 aromatic carbocycles. The molecule has 0 saturated carbocycles. The van der Waals surface area contributed by atoms with Crippen LogP contribution in [0, 0.1) is 5.82 Å². The molecule has 0 atom stereocenters. The average molecular weight is 363 g/mol. The zero-order valence-corrected chi connectivity index (χ0v) is 14.8. The Kier molecular flexibility index (Phi) is 4.50. The summed E-state index contributed by atoms with van der Waals surface area (Å²) >= 11 is 0. The molecular formula is C22H18FNO3. The minimum Gasteiger partial charge on any atom is -0.487 e. The van der Waals surface area contributed by atoms with Gasteiger partial charge >= 0.3 is 5.97 Å². The molecule has 2 heterocycles. The van der Waals surface area contributed by atoms with E-state index in [1.54, 1.807) is 19.1 Å². The monoisotopic (exact) mass is 363 g/mol. The van der Waals surface area contributed by atoms with Crippen molar-refractivity contribution in [3.05, 3.63) is 83.8 Å². The second-order valence-electron chi connectivity index (χ2n) is 6.15. The van der Waals surface area contributed by atoms with Gasteiger partial charge in [0.1, 0.15) is 18.2 Å². The number of halogens is 1. The van der Waals surface area contributed by atoms with Gasteiger partial charge in [0.2, 0.25) is 0 Å². The Labute approximate surface area is 155 Å². The highest BCUT2D eigenvalue weighted by molar-refractivity contribution is 6.11. The molecule has 0 bridgehead atoms. The Balaban J connectivity index is 1.72. The molecule has 0 saturated heterocycles. The van der Waals surface area contributed by atoms with Gasteiger partial charge < -0.3 is 13.9 Å². The van der Waals surface area contributed by atoms with Crippen molar-refractivity contribution in [3.8, 4) is 5.75 Å². The summed E-state index contributed by atoms with van der Waals surface area (Å²) in [6, 6.07) is 17.6. The lowest BCUT2D eigenvalue weighted by molar-refractivity contribution is 0.0531. The van der Waals surface area contributed by atoms with Crippen molar-refractivity contribution < 1.29 is 18.7 Å². The van der Waals surface area contributed by atoms with Gasteiger partial charge in [0.15, 0.2) is 0 Å². The molecule has 27 heavy (non-hydrogen) atoms. The third-order valence-electron chi connectivity index (χ3n) is 4.41. The van der Waals surface area contributed by atoms with Crippen molar-refractivity contribution >= 4 is 22.4 Å². The van der Waals surface area contributed by atoms with Crippen LogP contribution in [0.5, 0.6) is 5.75 Å². The summed E-state index contributed by atoms with van der Waals surface area (Å²) in [6.07, 6.45) is 1.85. The van der Waals surface area contributed by atoms with E-state index in [1.807, 2.05) is 47.0 Å². The summed E-state index contributed by atoms with van der Waals surface area (Å²) in [6.45, 7) is 2.44. The van der Waals surface area contributed by atoms with Crippen LogP contribution in [0.2, 0.25) is 0 Å². The van der Waals surface area contributed by atoms with Crippen LogP contribution in [0.25, 0.3) is 16.4 Å². The van der Waals surface area contributed by atoms with Crippen molar-refractivity contribution in [3.63, 3.8) is 0 Å². The molecule has 0 aliphatic heterocycles. The number of hydrogen-bond acceptors (Lipinski definition) is 3. The lowest BCUT2D eigenvalue weighted by Crippen LogP contribution is -2.04. The minimum atomic E-state index is -0.337. The van der Waals surface area contributed by atoms with Crippen molar-refractivity contribution in [2.75, 3.05) is 6.61 Å². The standard InChI is InChI=1S/C22H18FNO3/c1-2-26-22(25)21-18-5-3-4-6-19(18)24-13-17(11-12-20(21)24)27-14-15-7-9-16(23)10-8-15/h3-13H,2,14H2,1H3. The van der Waals surface area contributed by atoms with E-state index < -0.39 is 0 Å². The molecule has 4 rings (SSSR count). The molecule has 0 amide bonds. The molecule has 4 aromatic rings. The number of aromatic nitrogens is 1. The maximum Gasteiger partial charge on any atom is 0.340 e. The van der Waals surface area contributed by atoms with E-state index in [0.29, 0.717) is 24.5 Å². The number of fused-ring (bicyclic) bond motifs is 3. The third-order valence-corrected chi connectivity index (χ3v) is 4.41. The fourth-order valence-electron chi connectivity index (χ4n) is 3.17. The quantitative estimate of drug-likeness (QED) is 0.469. The predicted molar refractivity (Wildman–Crippen MR) is 102 cm³/mol. The number of hydrogen-bond donors (Lipinski definition) is 0. The van der Waals surface area contributed by atoms with Crippen molar-refractivity contribution in [2.45, 2.75) is 13.5 Å². The maximum absolute atomic E-state index is 13.0. The number of pyridine rings is 1. The van der Waals surface area contributed by atoms with Gasteiger partial charge in [-0.1, -0.05) is 30.3 Å². The number of carbonyl (C=O) groups excluding carboxylic acids is 1. The maximum atomic E-state index is 13.0. The smallest absolute Gasteiger partial charge is 0.340 e. The van der Waals surface area contributed by atoms with Crippen LogP contribution in [0.3, 0.4) is 0 Å². The van der Waals surface area contributed by atoms with Crippen LogP contribution in [0.1, 0.15) is 22.8 Å². The zero-order chi connectivity index (χ0) is 18.8. The van der Waals surface area contributed by atoms with Gasteiger partial charge in [-0.05, 0) is 42.8 Å². The first kappa shape index (κ1) is 17.1. The fraction of sp³-hybridized carbons (Fsp3) is 0.136. The van der Waals surface area contributed by atoms with Gasteiger partial charge in [0.05, 0.1) is 29.4 Å². The molecule has 4 nitrogen and oxygen atoms in total. The van der Waals surface area contributed by atoms with E-state index in [9.17, 15) is 9.18 Å².